The predicted octanol–water partition coefficient (Wildman–Crippen LogP) is 2.23. The van der Waals surface area contributed by atoms with Gasteiger partial charge in [0.15, 0.2) is 11.5 Å². The number of aliphatic carboxylic acids is 1. The number of nitrogens with zero attached hydrogens (tertiary/aromatic N) is 1. The topological polar surface area (TPSA) is 63.3 Å². The van der Waals surface area contributed by atoms with E-state index in [0.717, 1.165) is 17.2 Å². The molecule has 15 heavy (non-hydrogen) atoms. The van der Waals surface area contributed by atoms with Crippen molar-refractivity contribution in [1.82, 2.24) is 4.98 Å². The number of carbonyl (C=O) groups is 1. The van der Waals surface area contributed by atoms with Gasteiger partial charge in [-0.3, -0.25) is 0 Å². The lowest BCUT2D eigenvalue weighted by molar-refractivity contribution is -0.131. The maximum Gasteiger partial charge on any atom is 0.328 e. The van der Waals surface area contributed by atoms with Gasteiger partial charge in [-0.15, -0.1) is 0 Å². The Morgan fingerprint density at radius 2 is 2.33 bits per heavy atom. The minimum absolute atomic E-state index is 0.571. The van der Waals surface area contributed by atoms with Crippen molar-refractivity contribution in [2.45, 2.75) is 6.92 Å². The summed E-state index contributed by atoms with van der Waals surface area (Å²) < 4.78 is 5.38. The molecule has 1 heterocycles. The summed E-state index contributed by atoms with van der Waals surface area (Å²) in [6.07, 6.45) is 2.57. The number of benzene rings is 1. The number of hydrogen-bond acceptors (Lipinski definition) is 3. The van der Waals surface area contributed by atoms with Crippen LogP contribution in [0.5, 0.6) is 0 Å². The summed E-state index contributed by atoms with van der Waals surface area (Å²) >= 11 is 0. The molecule has 4 nitrogen and oxygen atoms in total. The van der Waals surface area contributed by atoms with Gasteiger partial charge in [0, 0.05) is 18.6 Å². The molecule has 0 aliphatic heterocycles. The molecule has 2 aromatic rings. The number of carboxylic acid groups (broad SMARTS) is 1. The van der Waals surface area contributed by atoms with Crippen molar-refractivity contribution in [1.29, 1.82) is 0 Å². The fraction of sp³-hybridized carbons (Fsp3) is 0.0909. The second-order valence-corrected chi connectivity index (χ2v) is 3.10. The normalized spacial score (nSPS) is 11.3. The van der Waals surface area contributed by atoms with E-state index in [9.17, 15) is 4.79 Å². The van der Waals surface area contributed by atoms with Crippen LogP contribution >= 0.6 is 0 Å². The van der Waals surface area contributed by atoms with Gasteiger partial charge in [0.25, 0.3) is 0 Å². The van der Waals surface area contributed by atoms with Crippen molar-refractivity contribution in [3.8, 4) is 0 Å². The van der Waals surface area contributed by atoms with Gasteiger partial charge < -0.3 is 9.52 Å². The molecular weight excluding hydrogens is 194 g/mol. The Hall–Kier alpha value is -2.10. The molecule has 0 fully saturated rings. The fourth-order valence-electron chi connectivity index (χ4n) is 1.37. The van der Waals surface area contributed by atoms with Crippen molar-refractivity contribution >= 4 is 23.1 Å². The monoisotopic (exact) mass is 203 g/mol. The summed E-state index contributed by atoms with van der Waals surface area (Å²) in [4.78, 5) is 14.5. The summed E-state index contributed by atoms with van der Waals surface area (Å²) in [5.41, 5.74) is 2.07. The number of hydrogen-bond donors (Lipinski definition) is 1. The van der Waals surface area contributed by atoms with Crippen LogP contribution in [-0.4, -0.2) is 16.1 Å². The third-order valence-electron chi connectivity index (χ3n) is 1.96. The number of aromatic nitrogens is 1. The molecule has 1 N–H and O–H groups in total. The maximum absolute atomic E-state index is 10.4. The Balaban J connectivity index is 2.55. The van der Waals surface area contributed by atoms with Gasteiger partial charge >= 0.3 is 5.97 Å². The molecule has 2 rings (SSSR count). The molecular formula is C11H9NO3. The minimum Gasteiger partial charge on any atom is -0.478 e. The molecule has 4 heteroatoms. The summed E-state index contributed by atoms with van der Waals surface area (Å²) in [7, 11) is 0. The Bertz CT molecular complexity index is 540. The van der Waals surface area contributed by atoms with Gasteiger partial charge in [-0.25, -0.2) is 9.78 Å². The van der Waals surface area contributed by atoms with Crippen LogP contribution in [-0.2, 0) is 4.79 Å². The molecule has 0 aliphatic carbocycles. The van der Waals surface area contributed by atoms with E-state index in [1.54, 1.807) is 13.0 Å². The lowest BCUT2D eigenvalue weighted by atomic mass is 10.2. The van der Waals surface area contributed by atoms with E-state index in [4.69, 9.17) is 9.52 Å². The van der Waals surface area contributed by atoms with Crippen LogP contribution in [0.4, 0.5) is 0 Å². The zero-order chi connectivity index (χ0) is 10.8. The Kier molecular flexibility index (Phi) is 2.25. The second kappa shape index (κ2) is 3.57. The summed E-state index contributed by atoms with van der Waals surface area (Å²) in [6, 6.07) is 5.42. The highest BCUT2D eigenvalue weighted by Crippen LogP contribution is 2.20. The molecule has 0 radical (unpaired) electrons. The SMILES string of the molecule is Cc1nc2cccc(/C=C/C(=O)O)c2o1. The summed E-state index contributed by atoms with van der Waals surface area (Å²) in [5, 5.41) is 8.52. The van der Waals surface area contributed by atoms with Gasteiger partial charge in [-0.2, -0.15) is 0 Å². The van der Waals surface area contributed by atoms with Crippen LogP contribution in [0.15, 0.2) is 28.7 Å². The Labute approximate surface area is 85.9 Å². The lowest BCUT2D eigenvalue weighted by Crippen LogP contribution is -1.85. The first-order chi connectivity index (χ1) is 7.16. The molecule has 0 spiro atoms. The van der Waals surface area contributed by atoms with Crippen molar-refractivity contribution < 1.29 is 14.3 Å². The van der Waals surface area contributed by atoms with Gasteiger partial charge in [-0.05, 0) is 12.1 Å². The maximum atomic E-state index is 10.4. The van der Waals surface area contributed by atoms with Crippen molar-refractivity contribution in [3.63, 3.8) is 0 Å². The number of para-hydroxylation sites is 1. The molecule has 0 atom stereocenters. The molecule has 76 valence electrons. The molecule has 0 unspecified atom stereocenters. The Morgan fingerprint density at radius 1 is 1.53 bits per heavy atom. The molecule has 0 amide bonds. The number of aryl methyl sites for hydroxylation is 1. The van der Waals surface area contributed by atoms with E-state index in [1.165, 1.54) is 6.08 Å². The molecule has 0 saturated carbocycles. The Morgan fingerprint density at radius 3 is 3.07 bits per heavy atom. The zero-order valence-electron chi connectivity index (χ0n) is 8.10. The molecule has 1 aromatic heterocycles. The third kappa shape index (κ3) is 1.88. The van der Waals surface area contributed by atoms with Crippen LogP contribution in [0.1, 0.15) is 11.5 Å². The first-order valence-electron chi connectivity index (χ1n) is 4.44. The van der Waals surface area contributed by atoms with Gasteiger partial charge in [0.1, 0.15) is 5.52 Å². The first kappa shape index (κ1) is 9.45. The number of rotatable bonds is 2. The van der Waals surface area contributed by atoms with Gasteiger partial charge in [0.05, 0.1) is 0 Å². The fourth-order valence-corrected chi connectivity index (χ4v) is 1.37. The van der Waals surface area contributed by atoms with Crippen LogP contribution in [0.3, 0.4) is 0 Å². The first-order valence-corrected chi connectivity index (χ1v) is 4.44. The average molecular weight is 203 g/mol. The highest BCUT2D eigenvalue weighted by molar-refractivity contribution is 5.90. The predicted molar refractivity (Wildman–Crippen MR) is 55.4 cm³/mol. The highest BCUT2D eigenvalue weighted by atomic mass is 16.4. The van der Waals surface area contributed by atoms with Gasteiger partial charge in [0.2, 0.25) is 0 Å². The van der Waals surface area contributed by atoms with E-state index in [2.05, 4.69) is 4.98 Å². The molecule has 0 bridgehead atoms. The van der Waals surface area contributed by atoms with E-state index in [1.807, 2.05) is 12.1 Å². The molecule has 1 aromatic carbocycles. The van der Waals surface area contributed by atoms with Gasteiger partial charge in [-0.1, -0.05) is 12.1 Å². The summed E-state index contributed by atoms with van der Waals surface area (Å²) in [5.74, 6) is -0.413. The van der Waals surface area contributed by atoms with Crippen molar-refractivity contribution in [3.05, 3.63) is 35.7 Å². The van der Waals surface area contributed by atoms with E-state index < -0.39 is 5.97 Å². The largest absolute Gasteiger partial charge is 0.478 e. The van der Waals surface area contributed by atoms with Crippen molar-refractivity contribution in [2.24, 2.45) is 0 Å². The average Bonchev–Trinajstić information content (AvgIpc) is 2.55. The number of carboxylic acids is 1. The minimum atomic E-state index is -0.983. The number of fused-ring (bicyclic) bond motifs is 1. The lowest BCUT2D eigenvalue weighted by Gasteiger charge is -1.92. The van der Waals surface area contributed by atoms with Crippen LogP contribution < -0.4 is 0 Å². The smallest absolute Gasteiger partial charge is 0.328 e. The van der Waals surface area contributed by atoms with E-state index in [0.29, 0.717) is 11.5 Å². The molecule has 0 aliphatic rings. The number of oxazole rings is 1. The highest BCUT2D eigenvalue weighted by Gasteiger charge is 2.04. The zero-order valence-corrected chi connectivity index (χ0v) is 8.10. The van der Waals surface area contributed by atoms with E-state index >= 15 is 0 Å². The summed E-state index contributed by atoms with van der Waals surface area (Å²) in [6.45, 7) is 1.75. The standard InChI is InChI=1S/C11H9NO3/c1-7-12-9-4-2-3-8(11(9)15-7)5-6-10(13)14/h2-6H,1H3,(H,13,14)/b6-5+. The van der Waals surface area contributed by atoms with Crippen LogP contribution in [0, 0.1) is 6.92 Å². The van der Waals surface area contributed by atoms with E-state index in [-0.39, 0.29) is 0 Å². The van der Waals surface area contributed by atoms with Crippen molar-refractivity contribution in [2.75, 3.05) is 0 Å². The third-order valence-corrected chi connectivity index (χ3v) is 1.96. The van der Waals surface area contributed by atoms with Crippen LogP contribution in [0.25, 0.3) is 17.2 Å². The molecule has 0 saturated heterocycles. The second-order valence-electron chi connectivity index (χ2n) is 3.10. The quantitative estimate of drug-likeness (QED) is 0.760. The van der Waals surface area contributed by atoms with Crippen LogP contribution in [0.2, 0.25) is 0 Å².